The second-order valence-corrected chi connectivity index (χ2v) is 6.81. The van der Waals surface area contributed by atoms with Gasteiger partial charge in [0, 0.05) is 31.0 Å². The molecule has 0 aromatic heterocycles. The third-order valence-electron chi connectivity index (χ3n) is 4.37. The van der Waals surface area contributed by atoms with Gasteiger partial charge in [-0.1, -0.05) is 20.3 Å². The first-order valence-electron chi connectivity index (χ1n) is 7.30. The van der Waals surface area contributed by atoms with Crippen molar-refractivity contribution in [3.8, 4) is 0 Å². The Morgan fingerprint density at radius 2 is 1.89 bits per heavy atom. The molecule has 1 aliphatic carbocycles. The van der Waals surface area contributed by atoms with Crippen molar-refractivity contribution in [3.05, 3.63) is 0 Å². The fourth-order valence-electron chi connectivity index (χ4n) is 3.52. The lowest BCUT2D eigenvalue weighted by Crippen LogP contribution is -2.49. The quantitative estimate of drug-likeness (QED) is 0.757. The van der Waals surface area contributed by atoms with Crippen LogP contribution in [0.15, 0.2) is 0 Å². The van der Waals surface area contributed by atoms with Crippen molar-refractivity contribution < 1.29 is 9.53 Å². The minimum Gasteiger partial charge on any atom is -0.373 e. The van der Waals surface area contributed by atoms with Gasteiger partial charge in [0.2, 0.25) is 0 Å². The zero-order valence-corrected chi connectivity index (χ0v) is 12.2. The second-order valence-electron chi connectivity index (χ2n) is 6.81. The molecule has 18 heavy (non-hydrogen) atoms. The maximum absolute atomic E-state index is 12.4. The Morgan fingerprint density at radius 1 is 1.28 bits per heavy atom. The third kappa shape index (κ3) is 3.12. The highest BCUT2D eigenvalue weighted by Gasteiger charge is 2.38. The molecule has 2 rings (SSSR count). The summed E-state index contributed by atoms with van der Waals surface area (Å²) in [6.45, 7) is 11.3. The number of carbonyl (C=O) groups excluding carboxylic acids is 1. The van der Waals surface area contributed by atoms with Gasteiger partial charge in [0.25, 0.3) is 0 Å². The molecule has 3 heteroatoms. The highest BCUT2D eigenvalue weighted by molar-refractivity contribution is 5.87. The van der Waals surface area contributed by atoms with E-state index in [0.29, 0.717) is 18.0 Å². The van der Waals surface area contributed by atoms with E-state index in [0.717, 1.165) is 32.5 Å². The van der Waals surface area contributed by atoms with Crippen LogP contribution >= 0.6 is 0 Å². The lowest BCUT2D eigenvalue weighted by molar-refractivity contribution is -0.136. The standard InChI is InChI=1S/C15H27NO2/c1-11-8-16(9-12(2)18-11)10-13-6-5-7-15(3,4)14(13)17/h11-13H,5-10H2,1-4H3/t11-,12+,13?. The topological polar surface area (TPSA) is 29.5 Å². The van der Waals surface area contributed by atoms with Crippen molar-refractivity contribution in [2.45, 2.75) is 59.2 Å². The summed E-state index contributed by atoms with van der Waals surface area (Å²) in [6, 6.07) is 0. The molecule has 0 bridgehead atoms. The molecule has 3 nitrogen and oxygen atoms in total. The molecule has 1 saturated carbocycles. The molecule has 1 saturated heterocycles. The van der Waals surface area contributed by atoms with Gasteiger partial charge >= 0.3 is 0 Å². The molecule has 3 atom stereocenters. The zero-order valence-electron chi connectivity index (χ0n) is 12.2. The monoisotopic (exact) mass is 253 g/mol. The van der Waals surface area contributed by atoms with Crippen molar-refractivity contribution in [1.82, 2.24) is 4.90 Å². The number of hydrogen-bond acceptors (Lipinski definition) is 3. The number of hydrogen-bond donors (Lipinski definition) is 0. The van der Waals surface area contributed by atoms with E-state index in [4.69, 9.17) is 4.74 Å². The Kier molecular flexibility index (Phi) is 4.12. The molecular formula is C15H27NO2. The van der Waals surface area contributed by atoms with Crippen LogP contribution in [0.5, 0.6) is 0 Å². The molecule has 0 N–H and O–H groups in total. The number of ether oxygens (including phenoxy) is 1. The molecule has 0 radical (unpaired) electrons. The van der Waals surface area contributed by atoms with Crippen LogP contribution < -0.4 is 0 Å². The van der Waals surface area contributed by atoms with Crippen LogP contribution in [0.4, 0.5) is 0 Å². The summed E-state index contributed by atoms with van der Waals surface area (Å²) >= 11 is 0. The Bertz CT molecular complexity index is 304. The maximum atomic E-state index is 12.4. The first-order valence-corrected chi connectivity index (χ1v) is 7.30. The van der Waals surface area contributed by atoms with Crippen molar-refractivity contribution >= 4 is 5.78 Å². The fraction of sp³-hybridized carbons (Fsp3) is 0.933. The number of nitrogens with zero attached hydrogens (tertiary/aromatic N) is 1. The summed E-state index contributed by atoms with van der Waals surface area (Å²) < 4.78 is 5.75. The van der Waals surface area contributed by atoms with E-state index in [1.807, 2.05) is 0 Å². The Balaban J connectivity index is 1.94. The van der Waals surface area contributed by atoms with Crippen LogP contribution in [-0.4, -0.2) is 42.5 Å². The van der Waals surface area contributed by atoms with Gasteiger partial charge in [-0.15, -0.1) is 0 Å². The van der Waals surface area contributed by atoms with Crippen LogP contribution in [0, 0.1) is 11.3 Å². The number of ketones is 1. The van der Waals surface area contributed by atoms with Gasteiger partial charge in [0.1, 0.15) is 5.78 Å². The summed E-state index contributed by atoms with van der Waals surface area (Å²) in [5.74, 6) is 0.715. The van der Waals surface area contributed by atoms with Gasteiger partial charge in [0.15, 0.2) is 0 Å². The summed E-state index contributed by atoms with van der Waals surface area (Å²) in [5, 5.41) is 0. The predicted molar refractivity (Wildman–Crippen MR) is 72.6 cm³/mol. The van der Waals surface area contributed by atoms with E-state index in [1.165, 1.54) is 6.42 Å². The van der Waals surface area contributed by atoms with E-state index >= 15 is 0 Å². The van der Waals surface area contributed by atoms with Gasteiger partial charge < -0.3 is 4.74 Å². The average molecular weight is 253 g/mol. The molecule has 0 aromatic rings. The number of rotatable bonds is 2. The predicted octanol–water partition coefficient (Wildman–Crippen LogP) is 2.49. The summed E-state index contributed by atoms with van der Waals surface area (Å²) in [4.78, 5) is 14.8. The van der Waals surface area contributed by atoms with Crippen molar-refractivity contribution in [2.24, 2.45) is 11.3 Å². The molecule has 0 spiro atoms. The molecule has 0 amide bonds. The lowest BCUT2D eigenvalue weighted by atomic mass is 9.71. The summed E-state index contributed by atoms with van der Waals surface area (Å²) in [7, 11) is 0. The molecule has 2 fully saturated rings. The Labute approximate surface area is 111 Å². The first-order chi connectivity index (χ1) is 8.38. The van der Waals surface area contributed by atoms with Crippen LogP contribution in [0.1, 0.15) is 47.0 Å². The number of morpholine rings is 1. The maximum Gasteiger partial charge on any atom is 0.142 e. The second kappa shape index (κ2) is 5.30. The molecule has 1 heterocycles. The van der Waals surface area contributed by atoms with E-state index < -0.39 is 0 Å². The summed E-state index contributed by atoms with van der Waals surface area (Å²) in [5.41, 5.74) is -0.105. The molecule has 0 aromatic carbocycles. The van der Waals surface area contributed by atoms with Gasteiger partial charge in [-0.2, -0.15) is 0 Å². The SMILES string of the molecule is C[C@@H]1CN(CC2CCCC(C)(C)C2=O)C[C@H](C)O1. The van der Waals surface area contributed by atoms with Gasteiger partial charge in [-0.05, 0) is 26.7 Å². The lowest BCUT2D eigenvalue weighted by Gasteiger charge is -2.40. The average Bonchev–Trinajstić information content (AvgIpc) is 2.23. The Morgan fingerprint density at radius 3 is 2.50 bits per heavy atom. The zero-order chi connectivity index (χ0) is 13.3. The largest absolute Gasteiger partial charge is 0.373 e. The summed E-state index contributed by atoms with van der Waals surface area (Å²) in [6.07, 6.45) is 3.90. The molecule has 1 unspecified atom stereocenters. The van der Waals surface area contributed by atoms with E-state index in [-0.39, 0.29) is 11.3 Å². The van der Waals surface area contributed by atoms with E-state index in [1.54, 1.807) is 0 Å². The van der Waals surface area contributed by atoms with E-state index in [2.05, 4.69) is 32.6 Å². The smallest absolute Gasteiger partial charge is 0.142 e. The molecule has 2 aliphatic rings. The highest BCUT2D eigenvalue weighted by atomic mass is 16.5. The van der Waals surface area contributed by atoms with Crippen LogP contribution in [0.2, 0.25) is 0 Å². The van der Waals surface area contributed by atoms with E-state index in [9.17, 15) is 4.79 Å². The fourth-order valence-corrected chi connectivity index (χ4v) is 3.52. The van der Waals surface area contributed by atoms with Crippen LogP contribution in [0.3, 0.4) is 0 Å². The van der Waals surface area contributed by atoms with Crippen molar-refractivity contribution in [1.29, 1.82) is 0 Å². The Hall–Kier alpha value is -0.410. The first kappa shape index (κ1) is 14.0. The van der Waals surface area contributed by atoms with Gasteiger partial charge in [-0.25, -0.2) is 0 Å². The number of Topliss-reactive ketones (excluding diaryl/α,β-unsaturated/α-hetero) is 1. The van der Waals surface area contributed by atoms with Gasteiger partial charge in [-0.3, -0.25) is 9.69 Å². The molecular weight excluding hydrogens is 226 g/mol. The molecule has 104 valence electrons. The van der Waals surface area contributed by atoms with Crippen molar-refractivity contribution in [2.75, 3.05) is 19.6 Å². The van der Waals surface area contributed by atoms with Gasteiger partial charge in [0.05, 0.1) is 12.2 Å². The van der Waals surface area contributed by atoms with Crippen LogP contribution in [-0.2, 0) is 9.53 Å². The highest BCUT2D eigenvalue weighted by Crippen LogP contribution is 2.35. The molecule has 1 aliphatic heterocycles. The van der Waals surface area contributed by atoms with Crippen molar-refractivity contribution in [3.63, 3.8) is 0 Å². The minimum atomic E-state index is -0.105. The normalized spacial score (nSPS) is 37.8. The van der Waals surface area contributed by atoms with Crippen LogP contribution in [0.25, 0.3) is 0 Å². The minimum absolute atomic E-state index is 0.105. The number of carbonyl (C=O) groups is 1. The third-order valence-corrected chi connectivity index (χ3v) is 4.37.